The molecule has 0 atom stereocenters. The lowest BCUT2D eigenvalue weighted by molar-refractivity contribution is -0.115. The molecular weight excluding hydrogens is 384 g/mol. The van der Waals surface area contributed by atoms with Crippen LogP contribution in [0.2, 0.25) is 0 Å². The molecule has 0 bridgehead atoms. The van der Waals surface area contributed by atoms with Crippen molar-refractivity contribution in [1.29, 1.82) is 0 Å². The Labute approximate surface area is 170 Å². The summed E-state index contributed by atoms with van der Waals surface area (Å²) in [5, 5.41) is 4.40. The first-order valence-corrected chi connectivity index (χ1v) is 9.69. The summed E-state index contributed by atoms with van der Waals surface area (Å²) < 4.78 is 5.03. The number of hydrogen-bond donors (Lipinski definition) is 1. The summed E-state index contributed by atoms with van der Waals surface area (Å²) in [4.78, 5) is 26.0. The van der Waals surface area contributed by atoms with Crippen LogP contribution in [0.3, 0.4) is 0 Å². The molecule has 29 heavy (non-hydrogen) atoms. The molecule has 0 unspecified atom stereocenters. The lowest BCUT2D eigenvalue weighted by atomic mass is 10.1. The summed E-state index contributed by atoms with van der Waals surface area (Å²) in [5.41, 5.74) is 4.23. The van der Waals surface area contributed by atoms with Gasteiger partial charge >= 0.3 is 0 Å². The molecule has 1 saturated heterocycles. The number of thioether (sulfide) groups is 1. The van der Waals surface area contributed by atoms with Crippen molar-refractivity contribution in [3.63, 3.8) is 0 Å². The molecule has 0 aliphatic carbocycles. The average molecular weight is 398 g/mol. The largest absolute Gasteiger partial charge is 0.451 e. The predicted molar refractivity (Wildman–Crippen MR) is 114 cm³/mol. The van der Waals surface area contributed by atoms with Gasteiger partial charge in [0.05, 0.1) is 16.1 Å². The van der Waals surface area contributed by atoms with E-state index < -0.39 is 0 Å². The highest BCUT2D eigenvalue weighted by Crippen LogP contribution is 2.30. The number of benzene rings is 2. The summed E-state index contributed by atoms with van der Waals surface area (Å²) in [6, 6.07) is 17.4. The third kappa shape index (κ3) is 3.68. The van der Waals surface area contributed by atoms with Crippen molar-refractivity contribution in [3.8, 4) is 11.3 Å². The number of carbonyl (C=O) groups is 1. The fourth-order valence-corrected chi connectivity index (χ4v) is 3.86. The van der Waals surface area contributed by atoms with Crippen LogP contribution >= 0.6 is 11.8 Å². The second kappa shape index (κ2) is 7.37. The quantitative estimate of drug-likeness (QED) is 0.502. The summed E-state index contributed by atoms with van der Waals surface area (Å²) in [5.74, 6) is -0.160. The van der Waals surface area contributed by atoms with E-state index in [1.54, 1.807) is 12.5 Å². The third-order valence-electron chi connectivity index (χ3n) is 4.38. The number of rotatable bonds is 3. The minimum Gasteiger partial charge on any atom is -0.451 e. The normalized spacial score (nSPS) is 16.6. The van der Waals surface area contributed by atoms with Crippen LogP contribution in [-0.4, -0.2) is 21.0 Å². The number of nitrogens with one attached hydrogen (secondary N) is 1. The molecule has 3 heterocycles. The van der Waals surface area contributed by atoms with E-state index in [0.717, 1.165) is 33.4 Å². The molecule has 140 valence electrons. The van der Waals surface area contributed by atoms with Gasteiger partial charge < -0.3 is 9.73 Å². The summed E-state index contributed by atoms with van der Waals surface area (Å²) >= 11 is 1.32. The van der Waals surface area contributed by atoms with E-state index in [1.807, 2.05) is 60.7 Å². The lowest BCUT2D eigenvalue weighted by Crippen LogP contribution is -2.19. The highest BCUT2D eigenvalue weighted by atomic mass is 32.2. The van der Waals surface area contributed by atoms with Crippen LogP contribution in [0, 0.1) is 0 Å². The summed E-state index contributed by atoms with van der Waals surface area (Å²) in [7, 11) is 0. The summed E-state index contributed by atoms with van der Waals surface area (Å²) in [6.07, 6.45) is 6.60. The molecule has 5 rings (SSSR count). The Bertz CT molecular complexity index is 1280. The van der Waals surface area contributed by atoms with Crippen LogP contribution in [0.1, 0.15) is 5.56 Å². The van der Waals surface area contributed by atoms with Gasteiger partial charge in [0, 0.05) is 17.1 Å². The molecule has 0 spiro atoms. The van der Waals surface area contributed by atoms with Gasteiger partial charge in [0.1, 0.15) is 12.0 Å². The van der Waals surface area contributed by atoms with Gasteiger partial charge in [-0.15, -0.1) is 0 Å². The second-order valence-corrected chi connectivity index (χ2v) is 7.39. The SMILES string of the molecule is O=C1NC(=Nc2cccc(-c3cocn3)c2)S/C1=C/c1ccc2ncccc2c1. The van der Waals surface area contributed by atoms with Crippen LogP contribution < -0.4 is 5.32 Å². The van der Waals surface area contributed by atoms with Crippen LogP contribution in [-0.2, 0) is 4.79 Å². The Kier molecular flexibility index (Phi) is 4.42. The van der Waals surface area contributed by atoms with Gasteiger partial charge in [0.15, 0.2) is 11.6 Å². The number of pyridine rings is 1. The fourth-order valence-electron chi connectivity index (χ4n) is 3.02. The maximum Gasteiger partial charge on any atom is 0.264 e. The Morgan fingerprint density at radius 2 is 2.03 bits per heavy atom. The fraction of sp³-hybridized carbons (Fsp3) is 0. The molecule has 1 amide bonds. The van der Waals surface area contributed by atoms with Crippen molar-refractivity contribution in [2.45, 2.75) is 0 Å². The van der Waals surface area contributed by atoms with Gasteiger partial charge in [-0.2, -0.15) is 0 Å². The van der Waals surface area contributed by atoms with E-state index >= 15 is 0 Å². The minimum absolute atomic E-state index is 0.160. The smallest absolute Gasteiger partial charge is 0.264 e. The number of amides is 1. The number of amidine groups is 1. The van der Waals surface area contributed by atoms with E-state index in [-0.39, 0.29) is 5.91 Å². The third-order valence-corrected chi connectivity index (χ3v) is 5.29. The minimum atomic E-state index is -0.160. The lowest BCUT2D eigenvalue weighted by Gasteiger charge is -2.00. The molecular formula is C22H14N4O2S. The molecule has 1 aliphatic heterocycles. The molecule has 0 saturated carbocycles. The van der Waals surface area contributed by atoms with Crippen LogP contribution in [0.15, 0.2) is 87.8 Å². The number of fused-ring (bicyclic) bond motifs is 1. The maximum atomic E-state index is 12.4. The Morgan fingerprint density at radius 3 is 2.93 bits per heavy atom. The molecule has 2 aromatic heterocycles. The Morgan fingerprint density at radius 1 is 1.07 bits per heavy atom. The van der Waals surface area contributed by atoms with E-state index in [0.29, 0.717) is 10.1 Å². The zero-order valence-electron chi connectivity index (χ0n) is 15.1. The molecule has 6 nitrogen and oxygen atoms in total. The zero-order valence-corrected chi connectivity index (χ0v) is 15.9. The first-order valence-electron chi connectivity index (χ1n) is 8.88. The molecule has 7 heteroatoms. The van der Waals surface area contributed by atoms with Crippen molar-refractivity contribution in [3.05, 3.63) is 83.9 Å². The Hall–Kier alpha value is -3.71. The highest BCUT2D eigenvalue weighted by molar-refractivity contribution is 8.18. The number of aliphatic imine (C=N–C) groups is 1. The molecule has 2 aromatic carbocycles. The number of carbonyl (C=O) groups excluding carboxylic acids is 1. The number of oxazole rings is 1. The first-order chi connectivity index (χ1) is 14.2. The molecule has 1 N–H and O–H groups in total. The first kappa shape index (κ1) is 17.4. The van der Waals surface area contributed by atoms with Gasteiger partial charge in [-0.1, -0.05) is 24.3 Å². The number of hydrogen-bond acceptors (Lipinski definition) is 6. The molecule has 4 aromatic rings. The van der Waals surface area contributed by atoms with Crippen LogP contribution in [0.4, 0.5) is 5.69 Å². The van der Waals surface area contributed by atoms with Crippen molar-refractivity contribution in [2.75, 3.05) is 0 Å². The van der Waals surface area contributed by atoms with Gasteiger partial charge in [-0.3, -0.25) is 9.78 Å². The van der Waals surface area contributed by atoms with Gasteiger partial charge in [0.2, 0.25) is 0 Å². The predicted octanol–water partition coefficient (Wildman–Crippen LogP) is 4.78. The van der Waals surface area contributed by atoms with E-state index in [9.17, 15) is 4.79 Å². The molecule has 0 radical (unpaired) electrons. The number of nitrogens with zero attached hydrogens (tertiary/aromatic N) is 3. The van der Waals surface area contributed by atoms with E-state index in [2.05, 4.69) is 20.3 Å². The van der Waals surface area contributed by atoms with Gasteiger partial charge in [-0.05, 0) is 53.7 Å². The van der Waals surface area contributed by atoms with Crippen LogP contribution in [0.25, 0.3) is 28.2 Å². The molecule has 1 fully saturated rings. The zero-order chi connectivity index (χ0) is 19.6. The standard InChI is InChI=1S/C22H14N4O2S/c27-21-20(10-14-6-7-18-15(9-14)4-2-8-23-18)29-22(26-21)25-17-5-1-3-16(11-17)19-12-28-13-24-19/h1-13H,(H,25,26,27)/b20-10+. The maximum absolute atomic E-state index is 12.4. The van der Waals surface area contributed by atoms with Gasteiger partial charge in [0.25, 0.3) is 5.91 Å². The van der Waals surface area contributed by atoms with E-state index in [4.69, 9.17) is 4.42 Å². The molecule has 1 aliphatic rings. The van der Waals surface area contributed by atoms with Crippen LogP contribution in [0.5, 0.6) is 0 Å². The monoisotopic (exact) mass is 398 g/mol. The topological polar surface area (TPSA) is 80.4 Å². The average Bonchev–Trinajstić information content (AvgIpc) is 3.39. The van der Waals surface area contributed by atoms with Crippen molar-refractivity contribution >= 4 is 45.5 Å². The van der Waals surface area contributed by atoms with Gasteiger partial charge in [-0.25, -0.2) is 9.98 Å². The van der Waals surface area contributed by atoms with Crippen molar-refractivity contribution in [2.24, 2.45) is 4.99 Å². The highest BCUT2D eigenvalue weighted by Gasteiger charge is 2.23. The number of aromatic nitrogens is 2. The van der Waals surface area contributed by atoms with E-state index in [1.165, 1.54) is 18.2 Å². The van der Waals surface area contributed by atoms with Crippen molar-refractivity contribution < 1.29 is 9.21 Å². The van der Waals surface area contributed by atoms with Crippen molar-refractivity contribution in [1.82, 2.24) is 15.3 Å². The summed E-state index contributed by atoms with van der Waals surface area (Å²) in [6.45, 7) is 0. The Balaban J connectivity index is 1.41. The second-order valence-electron chi connectivity index (χ2n) is 6.36.